The molecule has 2 atom stereocenters. The van der Waals surface area contributed by atoms with Gasteiger partial charge in [-0.2, -0.15) is 0 Å². The topological polar surface area (TPSA) is 38.0 Å². The molecule has 0 saturated carbocycles. The van der Waals surface area contributed by atoms with E-state index < -0.39 is 0 Å². The number of allylic oxidation sites excluding steroid dienone is 4. The van der Waals surface area contributed by atoms with E-state index in [1.807, 2.05) is 12.3 Å². The monoisotopic (exact) mass is 220 g/mol. The highest BCUT2D eigenvalue weighted by atomic mass is 28.2. The van der Waals surface area contributed by atoms with Gasteiger partial charge < -0.3 is 11.1 Å². The third kappa shape index (κ3) is 2.61. The number of nitrogens with one attached hydrogen (secondary N) is 1. The summed E-state index contributed by atoms with van der Waals surface area (Å²) in [5.74, 6) is 0.576. The zero-order valence-electron chi connectivity index (χ0n) is 9.15. The fourth-order valence-corrected chi connectivity index (χ4v) is 5.16. The second-order valence-corrected chi connectivity index (χ2v) is 6.73. The Morgan fingerprint density at radius 1 is 1.47 bits per heavy atom. The van der Waals surface area contributed by atoms with Crippen molar-refractivity contribution in [3.8, 4) is 0 Å². The molecule has 2 rings (SSSR count). The summed E-state index contributed by atoms with van der Waals surface area (Å²) >= 11 is 0. The van der Waals surface area contributed by atoms with Gasteiger partial charge in [-0.3, -0.25) is 0 Å². The van der Waals surface area contributed by atoms with E-state index in [2.05, 4.69) is 23.5 Å². The van der Waals surface area contributed by atoms with Crippen LogP contribution in [0.1, 0.15) is 12.8 Å². The van der Waals surface area contributed by atoms with E-state index in [-0.39, 0.29) is 9.52 Å². The summed E-state index contributed by atoms with van der Waals surface area (Å²) in [4.78, 5) is 0. The van der Waals surface area contributed by atoms with Crippen molar-refractivity contribution in [2.45, 2.75) is 24.4 Å². The van der Waals surface area contributed by atoms with Crippen molar-refractivity contribution in [1.82, 2.24) is 5.32 Å². The van der Waals surface area contributed by atoms with Crippen molar-refractivity contribution in [3.63, 3.8) is 0 Å². The Kier molecular flexibility index (Phi) is 3.80. The maximum absolute atomic E-state index is 5.93. The maximum Gasteiger partial charge on any atom is 0.0241 e. The van der Waals surface area contributed by atoms with Crippen LogP contribution in [0.15, 0.2) is 36.2 Å². The molecule has 3 heteroatoms. The summed E-state index contributed by atoms with van der Waals surface area (Å²) in [6.07, 6.45) is 13.2. The predicted molar refractivity (Wildman–Crippen MR) is 68.4 cm³/mol. The van der Waals surface area contributed by atoms with Gasteiger partial charge in [-0.15, -0.1) is 0 Å². The van der Waals surface area contributed by atoms with Gasteiger partial charge in [0.1, 0.15) is 0 Å². The Morgan fingerprint density at radius 3 is 3.13 bits per heavy atom. The number of hydrogen-bond acceptors (Lipinski definition) is 2. The van der Waals surface area contributed by atoms with E-state index >= 15 is 0 Å². The molecule has 1 saturated heterocycles. The molecule has 15 heavy (non-hydrogen) atoms. The second kappa shape index (κ2) is 5.33. The molecular formula is C12H20N2Si. The Bertz CT molecular complexity index is 288. The fourth-order valence-electron chi connectivity index (χ4n) is 2.64. The van der Waals surface area contributed by atoms with Crippen molar-refractivity contribution in [2.75, 3.05) is 6.54 Å². The van der Waals surface area contributed by atoms with Crippen LogP contribution in [0.25, 0.3) is 0 Å². The summed E-state index contributed by atoms with van der Waals surface area (Å²) in [5, 5.41) is 3.37. The lowest BCUT2D eigenvalue weighted by Crippen LogP contribution is -2.27. The van der Waals surface area contributed by atoms with Crippen LogP contribution in [-0.2, 0) is 0 Å². The Hall–Kier alpha value is -0.803. The molecule has 2 aliphatic rings. The van der Waals surface area contributed by atoms with Gasteiger partial charge in [-0.1, -0.05) is 31.0 Å². The van der Waals surface area contributed by atoms with E-state index in [9.17, 15) is 0 Å². The molecule has 2 heterocycles. The molecule has 0 spiro atoms. The molecule has 2 nitrogen and oxygen atoms in total. The molecule has 2 unspecified atom stereocenters. The molecule has 1 fully saturated rings. The molecule has 0 amide bonds. The standard InChI is InChI=1S/C12H20N2Si/c13-9-10(12-6-4-8-15-12)11-5-2-1-3-7-14-11/h1-3,5,7,10,12,14H,4,6,8-9,13,15H2. The molecule has 0 bridgehead atoms. The molecule has 0 aromatic heterocycles. The molecular weight excluding hydrogens is 200 g/mol. The summed E-state index contributed by atoms with van der Waals surface area (Å²) in [7, 11) is 0.133. The van der Waals surface area contributed by atoms with Crippen molar-refractivity contribution in [2.24, 2.45) is 11.7 Å². The molecule has 82 valence electrons. The predicted octanol–water partition coefficient (Wildman–Crippen LogP) is 1.29. The highest BCUT2D eigenvalue weighted by Crippen LogP contribution is 2.34. The SMILES string of the molecule is NCC(C1=CC=CC=CN1)C1CCC[SiH2]1. The first kappa shape index (κ1) is 10.7. The van der Waals surface area contributed by atoms with E-state index in [0.717, 1.165) is 12.1 Å². The first-order valence-electron chi connectivity index (χ1n) is 5.92. The minimum Gasteiger partial charge on any atom is -0.365 e. The number of nitrogens with two attached hydrogens (primary N) is 1. The van der Waals surface area contributed by atoms with Crippen molar-refractivity contribution >= 4 is 9.52 Å². The number of hydrogen-bond donors (Lipinski definition) is 2. The molecule has 0 aromatic rings. The van der Waals surface area contributed by atoms with E-state index in [1.165, 1.54) is 24.6 Å². The van der Waals surface area contributed by atoms with Crippen molar-refractivity contribution in [3.05, 3.63) is 36.2 Å². The van der Waals surface area contributed by atoms with Gasteiger partial charge in [-0.05, 0) is 17.7 Å². The average Bonchev–Trinajstić information content (AvgIpc) is 2.63. The quantitative estimate of drug-likeness (QED) is 0.703. The van der Waals surface area contributed by atoms with Gasteiger partial charge in [0.2, 0.25) is 0 Å². The lowest BCUT2D eigenvalue weighted by Gasteiger charge is -2.24. The Labute approximate surface area is 94.1 Å². The van der Waals surface area contributed by atoms with Crippen LogP contribution >= 0.6 is 0 Å². The summed E-state index contributed by atoms with van der Waals surface area (Å²) in [6.45, 7) is 0.790. The van der Waals surface area contributed by atoms with Crippen LogP contribution in [-0.4, -0.2) is 16.1 Å². The first-order valence-corrected chi connectivity index (χ1v) is 7.73. The molecule has 0 radical (unpaired) electrons. The van der Waals surface area contributed by atoms with E-state index in [4.69, 9.17) is 5.73 Å². The van der Waals surface area contributed by atoms with Crippen LogP contribution in [0, 0.1) is 5.92 Å². The lowest BCUT2D eigenvalue weighted by molar-refractivity contribution is 0.535. The van der Waals surface area contributed by atoms with Gasteiger partial charge in [0.05, 0.1) is 0 Å². The van der Waals surface area contributed by atoms with Crippen LogP contribution in [0.4, 0.5) is 0 Å². The van der Waals surface area contributed by atoms with E-state index in [0.29, 0.717) is 5.92 Å². The zero-order chi connectivity index (χ0) is 10.5. The molecule has 2 aliphatic heterocycles. The normalized spacial score (nSPS) is 28.6. The van der Waals surface area contributed by atoms with Crippen molar-refractivity contribution in [1.29, 1.82) is 0 Å². The lowest BCUT2D eigenvalue weighted by atomic mass is 9.97. The second-order valence-electron chi connectivity index (χ2n) is 4.40. The fraction of sp³-hybridized carbons (Fsp3) is 0.500. The molecule has 0 aromatic carbocycles. The van der Waals surface area contributed by atoms with Crippen LogP contribution in [0.5, 0.6) is 0 Å². The Balaban J connectivity index is 2.07. The Morgan fingerprint density at radius 2 is 2.40 bits per heavy atom. The molecule has 0 aliphatic carbocycles. The largest absolute Gasteiger partial charge is 0.365 e. The number of rotatable bonds is 3. The summed E-state index contributed by atoms with van der Waals surface area (Å²) in [5.41, 5.74) is 8.17. The summed E-state index contributed by atoms with van der Waals surface area (Å²) in [6, 6.07) is 1.51. The van der Waals surface area contributed by atoms with Gasteiger partial charge in [0.25, 0.3) is 0 Å². The van der Waals surface area contributed by atoms with E-state index in [1.54, 1.807) is 0 Å². The van der Waals surface area contributed by atoms with Crippen LogP contribution in [0.3, 0.4) is 0 Å². The minimum absolute atomic E-state index is 0.133. The molecule has 3 N–H and O–H groups in total. The third-order valence-corrected chi connectivity index (χ3v) is 6.09. The van der Waals surface area contributed by atoms with Crippen LogP contribution < -0.4 is 11.1 Å². The minimum atomic E-state index is 0.133. The van der Waals surface area contributed by atoms with Gasteiger partial charge >= 0.3 is 0 Å². The van der Waals surface area contributed by atoms with Gasteiger partial charge in [0.15, 0.2) is 0 Å². The third-order valence-electron chi connectivity index (χ3n) is 3.47. The van der Waals surface area contributed by atoms with Gasteiger partial charge in [-0.25, -0.2) is 0 Å². The highest BCUT2D eigenvalue weighted by Gasteiger charge is 2.26. The van der Waals surface area contributed by atoms with Crippen LogP contribution in [0.2, 0.25) is 11.6 Å². The van der Waals surface area contributed by atoms with Crippen molar-refractivity contribution < 1.29 is 0 Å². The maximum atomic E-state index is 5.93. The highest BCUT2D eigenvalue weighted by molar-refractivity contribution is 6.38. The summed E-state index contributed by atoms with van der Waals surface area (Å²) < 4.78 is 0. The zero-order valence-corrected chi connectivity index (χ0v) is 10.6. The average molecular weight is 220 g/mol. The first-order chi connectivity index (χ1) is 7.42. The smallest absolute Gasteiger partial charge is 0.0241 e. The van der Waals surface area contributed by atoms with Gasteiger partial charge in [0, 0.05) is 33.9 Å².